The Morgan fingerprint density at radius 2 is 1.94 bits per heavy atom. The number of aliphatic hydroxyl groups is 3. The first kappa shape index (κ1) is 27.3. The molecule has 2 aromatic rings. The molecule has 0 bridgehead atoms. The summed E-state index contributed by atoms with van der Waals surface area (Å²) >= 11 is 16.8. The van der Waals surface area contributed by atoms with Crippen LogP contribution in [0.15, 0.2) is 30.5 Å². The number of alkyl halides is 5. The third-order valence-corrected chi connectivity index (χ3v) is 6.14. The fourth-order valence-corrected chi connectivity index (χ4v) is 4.12. The number of nitriles is 1. The first-order valence-corrected chi connectivity index (χ1v) is 11.0. The Balaban J connectivity index is 2.29. The Kier molecular flexibility index (Phi) is 7.83. The highest BCUT2D eigenvalue weighted by Gasteiger charge is 2.64. The molecule has 2 heterocycles. The number of nitrogens with zero attached hydrogens (tertiary/aromatic N) is 2. The summed E-state index contributed by atoms with van der Waals surface area (Å²) in [7, 11) is 0. The van der Waals surface area contributed by atoms with Gasteiger partial charge in [-0.25, -0.2) is 9.18 Å². The van der Waals surface area contributed by atoms with E-state index in [9.17, 15) is 35.3 Å². The molecule has 1 saturated heterocycles. The minimum Gasteiger partial charge on any atom is -0.477 e. The zero-order valence-corrected chi connectivity index (χ0v) is 19.6. The van der Waals surface area contributed by atoms with Crippen molar-refractivity contribution in [1.82, 2.24) is 9.88 Å². The second-order valence-electron chi connectivity index (χ2n) is 7.75. The molecule has 1 fully saturated rings. The van der Waals surface area contributed by atoms with Crippen LogP contribution in [0.2, 0.25) is 0 Å². The van der Waals surface area contributed by atoms with Crippen molar-refractivity contribution >= 4 is 57.5 Å². The number of carbonyl (C=O) groups is 2. The van der Waals surface area contributed by atoms with Crippen molar-refractivity contribution < 1.29 is 43.5 Å². The molecule has 10 nitrogen and oxygen atoms in total. The van der Waals surface area contributed by atoms with Crippen LogP contribution in [0.4, 0.5) is 8.78 Å². The molecule has 1 amide bonds. The number of hydrogen-bond donors (Lipinski definition) is 5. The van der Waals surface area contributed by atoms with E-state index in [4.69, 9.17) is 39.5 Å². The molecule has 0 spiro atoms. The van der Waals surface area contributed by atoms with Crippen molar-refractivity contribution in [2.45, 2.75) is 46.2 Å². The Bertz CT molecular complexity index is 1170. The van der Waals surface area contributed by atoms with E-state index in [-0.39, 0.29) is 11.1 Å². The normalized spacial score (nSPS) is 28.8. The highest BCUT2D eigenvalue weighted by molar-refractivity contribution is 6.76. The second kappa shape index (κ2) is 10.0. The maximum absolute atomic E-state index is 15.7. The largest absolute Gasteiger partial charge is 0.477 e. The SMILES string of the molecule is N#Cc1c2ccccc2cn1[C@H]1C(F)C(F)(C(=O)O)O[C@@H]([C@H](O)[C@H](O)CO)[C@@H]1NC(=O)C(Cl)(Cl)Cl. The van der Waals surface area contributed by atoms with Crippen molar-refractivity contribution in [1.29, 1.82) is 5.26 Å². The zero-order valence-electron chi connectivity index (χ0n) is 17.4. The number of rotatable bonds is 6. The number of aliphatic carboxylic acids is 1. The van der Waals surface area contributed by atoms with Gasteiger partial charge < -0.3 is 35.0 Å². The molecule has 1 aromatic heterocycles. The van der Waals surface area contributed by atoms with Gasteiger partial charge in [0.2, 0.25) is 0 Å². The summed E-state index contributed by atoms with van der Waals surface area (Å²) in [6.07, 6.45) is -8.39. The van der Waals surface area contributed by atoms with Crippen LogP contribution in [0.1, 0.15) is 11.7 Å². The lowest BCUT2D eigenvalue weighted by Gasteiger charge is -2.48. The average molecular weight is 557 g/mol. The van der Waals surface area contributed by atoms with Gasteiger partial charge in [-0.05, 0) is 0 Å². The number of aromatic nitrogens is 1. The summed E-state index contributed by atoms with van der Waals surface area (Å²) < 4.78 is 34.2. The molecule has 0 saturated carbocycles. The molecule has 2 unspecified atom stereocenters. The highest BCUT2D eigenvalue weighted by atomic mass is 35.6. The summed E-state index contributed by atoms with van der Waals surface area (Å²) in [5.41, 5.74) is -0.244. The van der Waals surface area contributed by atoms with E-state index >= 15 is 8.78 Å². The van der Waals surface area contributed by atoms with Crippen LogP contribution in [0.5, 0.6) is 0 Å². The van der Waals surface area contributed by atoms with Gasteiger partial charge in [-0.1, -0.05) is 59.1 Å². The quantitative estimate of drug-likeness (QED) is 0.330. The van der Waals surface area contributed by atoms with Gasteiger partial charge in [0.15, 0.2) is 6.17 Å². The van der Waals surface area contributed by atoms with E-state index in [1.54, 1.807) is 12.1 Å². The lowest BCUT2D eigenvalue weighted by molar-refractivity contribution is -0.282. The smallest absolute Gasteiger partial charge is 0.372 e. The molecule has 5 N–H and O–H groups in total. The summed E-state index contributed by atoms with van der Waals surface area (Å²) in [6.45, 7) is -1.10. The molecule has 190 valence electrons. The molecule has 1 aliphatic rings. The third kappa shape index (κ3) is 4.90. The maximum Gasteiger partial charge on any atom is 0.372 e. The van der Waals surface area contributed by atoms with Gasteiger partial charge >= 0.3 is 11.8 Å². The lowest BCUT2D eigenvalue weighted by Crippen LogP contribution is -2.69. The number of aliphatic hydroxyl groups excluding tert-OH is 3. The van der Waals surface area contributed by atoms with E-state index in [1.165, 1.54) is 18.3 Å². The van der Waals surface area contributed by atoms with Gasteiger partial charge in [-0.3, -0.25) is 4.79 Å². The molecule has 1 aromatic carbocycles. The van der Waals surface area contributed by atoms with Crippen LogP contribution < -0.4 is 5.32 Å². The minimum atomic E-state index is -4.12. The summed E-state index contributed by atoms with van der Waals surface area (Å²) in [5.74, 6) is -7.93. The van der Waals surface area contributed by atoms with E-state index in [0.29, 0.717) is 5.39 Å². The number of carboxylic acid groups (broad SMARTS) is 1. The number of fused-ring (bicyclic) bond motifs is 1. The summed E-state index contributed by atoms with van der Waals surface area (Å²) in [6, 6.07) is 4.01. The van der Waals surface area contributed by atoms with Crippen LogP contribution >= 0.6 is 34.8 Å². The van der Waals surface area contributed by atoms with E-state index in [0.717, 1.165) is 4.57 Å². The van der Waals surface area contributed by atoms with Crippen LogP contribution in [-0.4, -0.2) is 83.6 Å². The van der Waals surface area contributed by atoms with Crippen molar-refractivity contribution in [2.75, 3.05) is 6.61 Å². The van der Waals surface area contributed by atoms with Crippen LogP contribution in [0.3, 0.4) is 0 Å². The number of hydrogen-bond acceptors (Lipinski definition) is 7. The summed E-state index contributed by atoms with van der Waals surface area (Å²) in [4.78, 5) is 24.2. The van der Waals surface area contributed by atoms with Gasteiger partial charge in [0.1, 0.15) is 30.1 Å². The molecule has 0 aliphatic carbocycles. The highest BCUT2D eigenvalue weighted by Crippen LogP contribution is 2.43. The minimum absolute atomic E-state index is 0.244. The fraction of sp³-hybridized carbons (Fsp3) is 0.450. The predicted octanol–water partition coefficient (Wildman–Crippen LogP) is 1.11. The number of amides is 1. The maximum atomic E-state index is 15.7. The van der Waals surface area contributed by atoms with E-state index in [2.05, 4.69) is 5.32 Å². The van der Waals surface area contributed by atoms with Gasteiger partial charge in [-0.15, -0.1) is 0 Å². The molecular weight excluding hydrogens is 539 g/mol. The van der Waals surface area contributed by atoms with Gasteiger partial charge in [-0.2, -0.15) is 9.65 Å². The van der Waals surface area contributed by atoms with Gasteiger partial charge in [0.05, 0.1) is 18.7 Å². The van der Waals surface area contributed by atoms with Gasteiger partial charge in [0, 0.05) is 17.0 Å². The van der Waals surface area contributed by atoms with Crippen molar-refractivity contribution in [2.24, 2.45) is 0 Å². The topological polar surface area (TPSA) is 165 Å². The Labute approximate surface area is 211 Å². The van der Waals surface area contributed by atoms with E-state index in [1.807, 2.05) is 6.07 Å². The van der Waals surface area contributed by atoms with Crippen LogP contribution in [-0.2, 0) is 14.3 Å². The van der Waals surface area contributed by atoms with Crippen molar-refractivity contribution in [3.8, 4) is 6.07 Å². The number of carbonyl (C=O) groups excluding carboxylic acids is 1. The Morgan fingerprint density at radius 1 is 1.31 bits per heavy atom. The molecule has 35 heavy (non-hydrogen) atoms. The first-order valence-electron chi connectivity index (χ1n) is 9.86. The fourth-order valence-electron chi connectivity index (χ4n) is 3.96. The molecule has 1 aliphatic heterocycles. The molecule has 0 radical (unpaired) electrons. The van der Waals surface area contributed by atoms with E-state index < -0.39 is 64.7 Å². The monoisotopic (exact) mass is 555 g/mol. The van der Waals surface area contributed by atoms with Crippen molar-refractivity contribution in [3.63, 3.8) is 0 Å². The first-order chi connectivity index (χ1) is 16.3. The number of halogens is 5. The van der Waals surface area contributed by atoms with Crippen LogP contribution in [0, 0.1) is 11.3 Å². The molecule has 15 heteroatoms. The zero-order chi connectivity index (χ0) is 26.3. The molecule has 3 rings (SSSR count). The predicted molar refractivity (Wildman–Crippen MR) is 118 cm³/mol. The second-order valence-corrected chi connectivity index (χ2v) is 10.0. The lowest BCUT2D eigenvalue weighted by atomic mass is 9.85. The Hall–Kier alpha value is -2.24. The summed E-state index contributed by atoms with van der Waals surface area (Å²) in [5, 5.41) is 51.6. The number of benzene rings is 1. The number of nitrogens with one attached hydrogen (secondary N) is 1. The number of carboxylic acids is 1. The van der Waals surface area contributed by atoms with Crippen LogP contribution in [0.25, 0.3) is 10.8 Å². The third-order valence-electron chi connectivity index (χ3n) is 5.63. The standard InChI is InChI=1S/C20H18Cl3F2N3O7/c21-20(22,23)17(32)27-12-13(28-6-8-3-1-2-4-9(8)10(28)5-26)16(24)19(25,18(33)34)35-15(12)14(31)11(30)7-29/h1-4,6,11-16,29-31H,7H2,(H,27,32)(H,33,34)/t11-,12-,13-,14-,15-,16?,19?/m1/s1. The molecular formula is C20H18Cl3F2N3O7. The Morgan fingerprint density at radius 3 is 2.49 bits per heavy atom. The number of ether oxygens (including phenoxy) is 1. The molecule has 7 atom stereocenters. The van der Waals surface area contributed by atoms with Crippen molar-refractivity contribution in [3.05, 3.63) is 36.2 Å². The average Bonchev–Trinajstić information content (AvgIpc) is 3.17. The van der Waals surface area contributed by atoms with Gasteiger partial charge in [0.25, 0.3) is 9.70 Å².